The molecule has 0 bridgehead atoms. The number of aromatic nitrogens is 3. The van der Waals surface area contributed by atoms with Crippen LogP contribution in [0.3, 0.4) is 0 Å². The van der Waals surface area contributed by atoms with Crippen molar-refractivity contribution in [3.05, 3.63) is 51.9 Å². The van der Waals surface area contributed by atoms with Gasteiger partial charge in [-0.15, -0.1) is 0 Å². The summed E-state index contributed by atoms with van der Waals surface area (Å²) in [4.78, 5) is 16.6. The molecular formula is C12H10N4O2S. The molecule has 0 atom stereocenters. The lowest BCUT2D eigenvalue weighted by Crippen LogP contribution is -2.16. The first-order valence-corrected chi connectivity index (χ1v) is 6.41. The van der Waals surface area contributed by atoms with E-state index < -0.39 is 0 Å². The number of nitrogens with zero attached hydrogens (tertiary/aromatic N) is 3. The van der Waals surface area contributed by atoms with E-state index >= 15 is 0 Å². The molecule has 0 saturated carbocycles. The van der Waals surface area contributed by atoms with Crippen LogP contribution >= 0.6 is 11.3 Å². The number of rotatable bonds is 3. The average molecular weight is 274 g/mol. The first kappa shape index (κ1) is 11.7. The predicted octanol–water partition coefficient (Wildman–Crippen LogP) is 1.31. The SMILES string of the molecule is Nc1cccc(OCc2cc(=O)n3ncsc3n2)c1. The van der Waals surface area contributed by atoms with Gasteiger partial charge >= 0.3 is 0 Å². The highest BCUT2D eigenvalue weighted by atomic mass is 32.1. The molecule has 19 heavy (non-hydrogen) atoms. The van der Waals surface area contributed by atoms with Gasteiger partial charge in [0.2, 0.25) is 4.96 Å². The molecule has 7 heteroatoms. The van der Waals surface area contributed by atoms with Crippen molar-refractivity contribution in [2.75, 3.05) is 5.73 Å². The van der Waals surface area contributed by atoms with E-state index in [0.29, 0.717) is 22.1 Å². The molecule has 0 aliphatic rings. The average Bonchev–Trinajstić information content (AvgIpc) is 2.85. The number of ether oxygens (including phenoxy) is 1. The Hall–Kier alpha value is -2.41. The molecule has 0 unspecified atom stereocenters. The maximum atomic E-state index is 11.7. The lowest BCUT2D eigenvalue weighted by molar-refractivity contribution is 0.301. The third kappa shape index (κ3) is 2.41. The van der Waals surface area contributed by atoms with E-state index in [0.717, 1.165) is 0 Å². The van der Waals surface area contributed by atoms with Gasteiger partial charge in [0.05, 0.1) is 5.69 Å². The largest absolute Gasteiger partial charge is 0.487 e. The van der Waals surface area contributed by atoms with E-state index in [1.165, 1.54) is 21.9 Å². The predicted molar refractivity (Wildman–Crippen MR) is 72.3 cm³/mol. The Labute approximate surface area is 112 Å². The molecule has 0 amide bonds. The highest BCUT2D eigenvalue weighted by molar-refractivity contribution is 7.14. The van der Waals surface area contributed by atoms with Crippen molar-refractivity contribution in [3.63, 3.8) is 0 Å². The van der Waals surface area contributed by atoms with Crippen LogP contribution in [0.1, 0.15) is 5.69 Å². The van der Waals surface area contributed by atoms with E-state index in [1.54, 1.807) is 29.8 Å². The fourth-order valence-corrected chi connectivity index (χ4v) is 2.28. The van der Waals surface area contributed by atoms with Crippen molar-refractivity contribution >= 4 is 22.0 Å². The molecule has 3 aromatic rings. The molecule has 0 aliphatic carbocycles. The van der Waals surface area contributed by atoms with Crippen molar-refractivity contribution in [1.82, 2.24) is 14.6 Å². The Kier molecular flexibility index (Phi) is 2.88. The van der Waals surface area contributed by atoms with Gasteiger partial charge in [-0.05, 0) is 12.1 Å². The minimum absolute atomic E-state index is 0.211. The van der Waals surface area contributed by atoms with Crippen LogP contribution in [0.5, 0.6) is 5.75 Å². The van der Waals surface area contributed by atoms with Crippen LogP contribution in [0.4, 0.5) is 5.69 Å². The molecule has 0 spiro atoms. The van der Waals surface area contributed by atoms with E-state index in [4.69, 9.17) is 10.5 Å². The minimum atomic E-state index is -0.211. The summed E-state index contributed by atoms with van der Waals surface area (Å²) in [5, 5.41) is 3.89. The second-order valence-corrected chi connectivity index (χ2v) is 4.69. The lowest BCUT2D eigenvalue weighted by Gasteiger charge is -2.05. The maximum Gasteiger partial charge on any atom is 0.275 e. The summed E-state index contributed by atoms with van der Waals surface area (Å²) in [7, 11) is 0. The van der Waals surface area contributed by atoms with Crippen LogP contribution in [0.15, 0.2) is 40.6 Å². The highest BCUT2D eigenvalue weighted by Gasteiger charge is 2.05. The lowest BCUT2D eigenvalue weighted by atomic mass is 10.3. The maximum absolute atomic E-state index is 11.7. The van der Waals surface area contributed by atoms with Crippen LogP contribution in [-0.2, 0) is 6.61 Å². The van der Waals surface area contributed by atoms with E-state index in [1.807, 2.05) is 0 Å². The standard InChI is InChI=1S/C12H10N4O2S/c13-8-2-1-3-10(4-8)18-6-9-5-11(17)16-12(15-9)19-7-14-16/h1-5,7H,6,13H2. The van der Waals surface area contributed by atoms with Gasteiger partial charge in [0.15, 0.2) is 0 Å². The second-order valence-electron chi connectivity index (χ2n) is 3.88. The smallest absolute Gasteiger partial charge is 0.275 e. The monoisotopic (exact) mass is 274 g/mol. The van der Waals surface area contributed by atoms with Gasteiger partial charge in [0, 0.05) is 17.8 Å². The summed E-state index contributed by atoms with van der Waals surface area (Å²) in [5.74, 6) is 0.645. The molecule has 1 aromatic carbocycles. The zero-order valence-corrected chi connectivity index (χ0v) is 10.6. The van der Waals surface area contributed by atoms with Crippen molar-refractivity contribution < 1.29 is 4.74 Å². The van der Waals surface area contributed by atoms with Crippen LogP contribution < -0.4 is 16.0 Å². The Bertz CT molecular complexity index is 780. The van der Waals surface area contributed by atoms with Crippen LogP contribution in [-0.4, -0.2) is 14.6 Å². The Morgan fingerprint density at radius 3 is 3.11 bits per heavy atom. The molecule has 0 aliphatic heterocycles. The van der Waals surface area contributed by atoms with Crippen LogP contribution in [0.25, 0.3) is 4.96 Å². The van der Waals surface area contributed by atoms with E-state index in [-0.39, 0.29) is 12.2 Å². The van der Waals surface area contributed by atoms with E-state index in [2.05, 4.69) is 10.1 Å². The summed E-state index contributed by atoms with van der Waals surface area (Å²) in [6.45, 7) is 0.215. The number of anilines is 1. The molecule has 6 nitrogen and oxygen atoms in total. The molecule has 0 fully saturated rings. The fourth-order valence-electron chi connectivity index (χ4n) is 1.64. The van der Waals surface area contributed by atoms with Gasteiger partial charge in [-0.1, -0.05) is 17.4 Å². The molecule has 2 heterocycles. The third-order valence-electron chi connectivity index (χ3n) is 2.48. The first-order chi connectivity index (χ1) is 9.22. The van der Waals surface area contributed by atoms with Gasteiger partial charge in [0.25, 0.3) is 5.56 Å². The molecule has 0 saturated heterocycles. The summed E-state index contributed by atoms with van der Waals surface area (Å²) >= 11 is 1.30. The molecule has 0 radical (unpaired) electrons. The van der Waals surface area contributed by atoms with Crippen molar-refractivity contribution in [2.45, 2.75) is 6.61 Å². The quantitative estimate of drug-likeness (QED) is 0.728. The fraction of sp³-hybridized carbons (Fsp3) is 0.0833. The molecule has 96 valence electrons. The number of nitrogens with two attached hydrogens (primary N) is 1. The zero-order chi connectivity index (χ0) is 13.2. The van der Waals surface area contributed by atoms with Crippen molar-refractivity contribution in [2.24, 2.45) is 0 Å². The Balaban J connectivity index is 1.83. The van der Waals surface area contributed by atoms with Gasteiger partial charge in [-0.25, -0.2) is 4.98 Å². The van der Waals surface area contributed by atoms with Gasteiger partial charge in [-0.2, -0.15) is 9.61 Å². The number of benzene rings is 1. The van der Waals surface area contributed by atoms with Gasteiger partial charge in [0.1, 0.15) is 17.9 Å². The van der Waals surface area contributed by atoms with Crippen LogP contribution in [0.2, 0.25) is 0 Å². The number of fused-ring (bicyclic) bond motifs is 1. The summed E-state index contributed by atoms with van der Waals surface area (Å²) in [6.07, 6.45) is 0. The summed E-state index contributed by atoms with van der Waals surface area (Å²) in [6, 6.07) is 8.52. The molecule has 3 rings (SSSR count). The van der Waals surface area contributed by atoms with Crippen molar-refractivity contribution in [1.29, 1.82) is 0 Å². The minimum Gasteiger partial charge on any atom is -0.487 e. The molecule has 2 aromatic heterocycles. The number of hydrogen-bond donors (Lipinski definition) is 1. The van der Waals surface area contributed by atoms with Crippen molar-refractivity contribution in [3.8, 4) is 5.75 Å². The zero-order valence-electron chi connectivity index (χ0n) is 9.81. The Morgan fingerprint density at radius 2 is 2.26 bits per heavy atom. The Morgan fingerprint density at radius 1 is 1.37 bits per heavy atom. The summed E-state index contributed by atoms with van der Waals surface area (Å²) < 4.78 is 6.81. The van der Waals surface area contributed by atoms with E-state index in [9.17, 15) is 4.79 Å². The van der Waals surface area contributed by atoms with Gasteiger partial charge in [-0.3, -0.25) is 4.79 Å². The second kappa shape index (κ2) is 4.69. The van der Waals surface area contributed by atoms with Gasteiger partial charge < -0.3 is 10.5 Å². The molecular weight excluding hydrogens is 264 g/mol. The topological polar surface area (TPSA) is 82.5 Å². The number of nitrogen functional groups attached to an aromatic ring is 1. The number of hydrogen-bond acceptors (Lipinski definition) is 6. The highest BCUT2D eigenvalue weighted by Crippen LogP contribution is 2.15. The summed E-state index contributed by atoms with van der Waals surface area (Å²) in [5.41, 5.74) is 8.22. The first-order valence-electron chi connectivity index (χ1n) is 5.53. The normalized spacial score (nSPS) is 10.7. The third-order valence-corrected chi connectivity index (χ3v) is 3.16. The van der Waals surface area contributed by atoms with Crippen LogP contribution in [0, 0.1) is 0 Å². The molecule has 2 N–H and O–H groups in total.